The third kappa shape index (κ3) is 9.11. The van der Waals surface area contributed by atoms with Crippen LogP contribution in [-0.2, 0) is 6.42 Å². The van der Waals surface area contributed by atoms with Crippen molar-refractivity contribution < 1.29 is 4.74 Å². The van der Waals surface area contributed by atoms with Crippen molar-refractivity contribution >= 4 is 0 Å². The molecular formula is C31H52O. The maximum absolute atomic E-state index is 6.12. The van der Waals surface area contributed by atoms with Crippen LogP contribution < -0.4 is 4.74 Å². The lowest BCUT2D eigenvalue weighted by Gasteiger charge is -2.31. The lowest BCUT2D eigenvalue weighted by Crippen LogP contribution is -2.20. The predicted octanol–water partition coefficient (Wildman–Crippen LogP) is 9.77. The van der Waals surface area contributed by atoms with E-state index in [0.717, 1.165) is 36.0 Å². The van der Waals surface area contributed by atoms with E-state index in [-0.39, 0.29) is 0 Å². The van der Waals surface area contributed by atoms with Crippen LogP contribution in [0.25, 0.3) is 0 Å². The highest BCUT2D eigenvalue weighted by Crippen LogP contribution is 2.36. The van der Waals surface area contributed by atoms with Gasteiger partial charge >= 0.3 is 0 Å². The van der Waals surface area contributed by atoms with Crippen molar-refractivity contribution in [3.63, 3.8) is 0 Å². The maximum Gasteiger partial charge on any atom is 0.119 e. The van der Waals surface area contributed by atoms with Gasteiger partial charge in [0.1, 0.15) is 5.75 Å². The van der Waals surface area contributed by atoms with Gasteiger partial charge in [-0.25, -0.2) is 0 Å². The Morgan fingerprint density at radius 2 is 1.28 bits per heavy atom. The second kappa shape index (κ2) is 15.0. The molecule has 0 amide bonds. The summed E-state index contributed by atoms with van der Waals surface area (Å²) in [5.74, 6) is 5.01. The monoisotopic (exact) mass is 440 g/mol. The van der Waals surface area contributed by atoms with E-state index in [1.165, 1.54) is 121 Å². The second-order valence-electron chi connectivity index (χ2n) is 11.1. The third-order valence-corrected chi connectivity index (χ3v) is 8.66. The number of hydrogen-bond donors (Lipinski definition) is 0. The lowest BCUT2D eigenvalue weighted by molar-refractivity contribution is 0.190. The summed E-state index contributed by atoms with van der Waals surface area (Å²) < 4.78 is 6.12. The molecule has 2 saturated carbocycles. The van der Waals surface area contributed by atoms with Gasteiger partial charge in [-0.15, -0.1) is 0 Å². The van der Waals surface area contributed by atoms with Crippen LogP contribution in [0, 0.1) is 23.7 Å². The number of unbranched alkanes of at least 4 members (excludes halogenated alkanes) is 2. The molecule has 2 aliphatic rings. The minimum Gasteiger partial charge on any atom is -0.494 e. The van der Waals surface area contributed by atoms with E-state index in [0.29, 0.717) is 0 Å². The molecule has 3 rings (SSSR count). The predicted molar refractivity (Wildman–Crippen MR) is 139 cm³/mol. The summed E-state index contributed by atoms with van der Waals surface area (Å²) in [6, 6.07) is 9.04. The summed E-state index contributed by atoms with van der Waals surface area (Å²) in [6.45, 7) is 5.54. The Morgan fingerprint density at radius 1 is 0.656 bits per heavy atom. The fourth-order valence-corrected chi connectivity index (χ4v) is 6.58. The van der Waals surface area contributed by atoms with Crippen LogP contribution in [0.5, 0.6) is 5.75 Å². The Hall–Kier alpha value is -0.980. The van der Waals surface area contributed by atoms with Gasteiger partial charge in [0, 0.05) is 0 Å². The molecule has 2 unspecified atom stereocenters. The van der Waals surface area contributed by atoms with E-state index in [1.807, 2.05) is 0 Å². The molecule has 0 aromatic heterocycles. The summed E-state index contributed by atoms with van der Waals surface area (Å²) in [7, 11) is 0. The number of aryl methyl sites for hydroxylation is 1. The molecule has 2 atom stereocenters. The Kier molecular flexibility index (Phi) is 12.0. The van der Waals surface area contributed by atoms with E-state index in [9.17, 15) is 0 Å². The third-order valence-electron chi connectivity index (χ3n) is 8.66. The first kappa shape index (κ1) is 25.6. The molecule has 0 N–H and O–H groups in total. The highest BCUT2D eigenvalue weighted by molar-refractivity contribution is 5.27. The zero-order chi connectivity index (χ0) is 22.4. The first-order chi connectivity index (χ1) is 15.8. The molecule has 1 aromatic rings. The van der Waals surface area contributed by atoms with Crippen molar-refractivity contribution in [2.24, 2.45) is 23.7 Å². The van der Waals surface area contributed by atoms with Crippen LogP contribution in [0.15, 0.2) is 24.3 Å². The largest absolute Gasteiger partial charge is 0.494 e. The average Bonchev–Trinajstić information content (AvgIpc) is 2.83. The van der Waals surface area contributed by atoms with Gasteiger partial charge in [-0.3, -0.25) is 0 Å². The van der Waals surface area contributed by atoms with Crippen molar-refractivity contribution in [3.05, 3.63) is 29.8 Å². The second-order valence-corrected chi connectivity index (χ2v) is 11.1. The van der Waals surface area contributed by atoms with Crippen LogP contribution in [0.1, 0.15) is 129 Å². The Bertz CT molecular complexity index is 583. The quantitative estimate of drug-likeness (QED) is 0.261. The Morgan fingerprint density at radius 3 is 1.91 bits per heavy atom. The molecule has 0 heterocycles. The smallest absolute Gasteiger partial charge is 0.119 e. The van der Waals surface area contributed by atoms with Crippen molar-refractivity contribution in [1.29, 1.82) is 0 Å². The van der Waals surface area contributed by atoms with Gasteiger partial charge in [-0.05, 0) is 67.1 Å². The number of rotatable bonds is 14. The molecule has 182 valence electrons. The first-order valence-electron chi connectivity index (χ1n) is 14.5. The standard InChI is InChI=1S/C31H52O/c1-3-5-6-11-29-12-7-8-13-30(29)14-9-25-32-31-23-21-28(22-24-31)20-19-27-17-15-26(10-4-2)16-18-27/h21-24,26-27,29-30H,3-20,25H2,1-2H3. The molecule has 0 radical (unpaired) electrons. The van der Waals surface area contributed by atoms with Gasteiger partial charge in [0.05, 0.1) is 6.61 Å². The van der Waals surface area contributed by atoms with Gasteiger partial charge in [0.25, 0.3) is 0 Å². The topological polar surface area (TPSA) is 9.23 Å². The lowest BCUT2D eigenvalue weighted by atomic mass is 9.74. The van der Waals surface area contributed by atoms with Gasteiger partial charge in [0.15, 0.2) is 0 Å². The zero-order valence-corrected chi connectivity index (χ0v) is 21.5. The summed E-state index contributed by atoms with van der Waals surface area (Å²) in [6.07, 6.45) is 25.5. The first-order valence-corrected chi connectivity index (χ1v) is 14.5. The summed E-state index contributed by atoms with van der Waals surface area (Å²) in [5, 5.41) is 0. The van der Waals surface area contributed by atoms with Crippen LogP contribution in [0.4, 0.5) is 0 Å². The number of benzene rings is 1. The van der Waals surface area contributed by atoms with E-state index in [2.05, 4.69) is 38.1 Å². The van der Waals surface area contributed by atoms with Crippen molar-refractivity contribution in [1.82, 2.24) is 0 Å². The zero-order valence-electron chi connectivity index (χ0n) is 21.5. The van der Waals surface area contributed by atoms with Gasteiger partial charge < -0.3 is 4.74 Å². The van der Waals surface area contributed by atoms with Crippen LogP contribution in [-0.4, -0.2) is 6.61 Å². The summed E-state index contributed by atoms with van der Waals surface area (Å²) >= 11 is 0. The summed E-state index contributed by atoms with van der Waals surface area (Å²) in [4.78, 5) is 0. The minimum atomic E-state index is 0.887. The highest BCUT2D eigenvalue weighted by Gasteiger charge is 2.24. The van der Waals surface area contributed by atoms with E-state index >= 15 is 0 Å². The van der Waals surface area contributed by atoms with E-state index < -0.39 is 0 Å². The molecule has 0 saturated heterocycles. The van der Waals surface area contributed by atoms with Crippen LogP contribution in [0.2, 0.25) is 0 Å². The van der Waals surface area contributed by atoms with Crippen LogP contribution in [0.3, 0.4) is 0 Å². The molecule has 0 bridgehead atoms. The molecule has 1 heteroatoms. The SMILES string of the molecule is CCCCCC1CCCCC1CCCOc1ccc(CCC2CCC(CCC)CC2)cc1. The van der Waals surface area contributed by atoms with Gasteiger partial charge in [-0.2, -0.15) is 0 Å². The normalized spacial score (nSPS) is 26.2. The highest BCUT2D eigenvalue weighted by atomic mass is 16.5. The molecular weight excluding hydrogens is 388 g/mol. The van der Waals surface area contributed by atoms with E-state index in [1.54, 1.807) is 0 Å². The molecule has 2 fully saturated rings. The van der Waals surface area contributed by atoms with Crippen LogP contribution >= 0.6 is 0 Å². The number of ether oxygens (including phenoxy) is 1. The molecule has 1 nitrogen and oxygen atoms in total. The van der Waals surface area contributed by atoms with Gasteiger partial charge in [-0.1, -0.05) is 116 Å². The molecule has 1 aromatic carbocycles. The average molecular weight is 441 g/mol. The fourth-order valence-electron chi connectivity index (χ4n) is 6.58. The minimum absolute atomic E-state index is 0.887. The number of hydrogen-bond acceptors (Lipinski definition) is 1. The molecule has 32 heavy (non-hydrogen) atoms. The van der Waals surface area contributed by atoms with Crippen molar-refractivity contribution in [3.8, 4) is 5.75 Å². The van der Waals surface area contributed by atoms with Gasteiger partial charge in [0.2, 0.25) is 0 Å². The molecule has 0 spiro atoms. The Labute approximate surface area is 200 Å². The van der Waals surface area contributed by atoms with Crippen molar-refractivity contribution in [2.45, 2.75) is 129 Å². The van der Waals surface area contributed by atoms with Crippen molar-refractivity contribution in [2.75, 3.05) is 6.61 Å². The summed E-state index contributed by atoms with van der Waals surface area (Å²) in [5.41, 5.74) is 1.49. The molecule has 2 aliphatic carbocycles. The van der Waals surface area contributed by atoms with E-state index in [4.69, 9.17) is 4.74 Å². The maximum atomic E-state index is 6.12. The Balaban J connectivity index is 1.29. The fraction of sp³-hybridized carbons (Fsp3) is 0.806. The molecule has 0 aliphatic heterocycles.